The third-order valence-corrected chi connectivity index (χ3v) is 5.22. The summed E-state index contributed by atoms with van der Waals surface area (Å²) in [5, 5.41) is 13.6. The van der Waals surface area contributed by atoms with Gasteiger partial charge in [0.15, 0.2) is 0 Å². The minimum absolute atomic E-state index is 0.184. The average Bonchev–Trinajstić information content (AvgIpc) is 2.70. The van der Waals surface area contributed by atoms with Crippen LogP contribution in [-0.2, 0) is 6.18 Å². The molecule has 31 heavy (non-hydrogen) atoms. The van der Waals surface area contributed by atoms with Crippen LogP contribution in [0.1, 0.15) is 21.5 Å². The number of rotatable bonds is 5. The summed E-state index contributed by atoms with van der Waals surface area (Å²) >= 11 is 1.13. The minimum atomic E-state index is -4.72. The van der Waals surface area contributed by atoms with Gasteiger partial charge in [0.25, 0.3) is 17.2 Å². The van der Waals surface area contributed by atoms with Crippen LogP contribution in [0, 0.1) is 17.0 Å². The molecule has 1 heterocycles. The van der Waals surface area contributed by atoms with Crippen molar-refractivity contribution in [1.82, 2.24) is 4.98 Å². The molecule has 0 spiro atoms. The van der Waals surface area contributed by atoms with E-state index in [1.54, 1.807) is 12.1 Å². The zero-order valence-electron chi connectivity index (χ0n) is 15.8. The van der Waals surface area contributed by atoms with E-state index in [1.807, 2.05) is 24.0 Å². The van der Waals surface area contributed by atoms with Crippen molar-refractivity contribution in [2.45, 2.75) is 22.9 Å². The van der Waals surface area contributed by atoms with Gasteiger partial charge in [-0.3, -0.25) is 19.7 Å². The Morgan fingerprint density at radius 3 is 2.42 bits per heavy atom. The van der Waals surface area contributed by atoms with Gasteiger partial charge < -0.3 is 10.3 Å². The molecular formula is C20H14F3N3O4S. The number of carbonyl (C=O) groups excluding carboxylic acids is 1. The fourth-order valence-corrected chi connectivity index (χ4v) is 3.46. The SMILES string of the molecule is Cc1ccc(Sc2ccc(C(=O)Nc3cc(C(F)(F)F)c[nH]c3=O)cc2[N+](=O)[O-])cc1. The molecule has 0 aliphatic heterocycles. The van der Waals surface area contributed by atoms with Crippen molar-refractivity contribution < 1.29 is 22.9 Å². The van der Waals surface area contributed by atoms with Gasteiger partial charge in [-0.1, -0.05) is 29.5 Å². The molecular weight excluding hydrogens is 435 g/mol. The topological polar surface area (TPSA) is 105 Å². The van der Waals surface area contributed by atoms with Crippen LogP contribution >= 0.6 is 11.8 Å². The largest absolute Gasteiger partial charge is 0.417 e. The van der Waals surface area contributed by atoms with Crippen molar-refractivity contribution in [3.63, 3.8) is 0 Å². The van der Waals surface area contributed by atoms with E-state index in [4.69, 9.17) is 0 Å². The fourth-order valence-electron chi connectivity index (χ4n) is 2.56. The molecule has 0 radical (unpaired) electrons. The molecule has 7 nitrogen and oxygen atoms in total. The highest BCUT2D eigenvalue weighted by Gasteiger charge is 2.31. The molecule has 0 saturated heterocycles. The van der Waals surface area contributed by atoms with Gasteiger partial charge in [-0.2, -0.15) is 13.2 Å². The number of anilines is 1. The lowest BCUT2D eigenvalue weighted by Crippen LogP contribution is -2.21. The highest BCUT2D eigenvalue weighted by Crippen LogP contribution is 2.35. The molecule has 0 aliphatic carbocycles. The Hall–Kier alpha value is -3.60. The van der Waals surface area contributed by atoms with Gasteiger partial charge in [-0.05, 0) is 37.3 Å². The number of carbonyl (C=O) groups is 1. The van der Waals surface area contributed by atoms with E-state index in [2.05, 4.69) is 5.32 Å². The predicted octanol–water partition coefficient (Wildman–Crippen LogP) is 5.01. The van der Waals surface area contributed by atoms with Crippen LogP contribution in [0.4, 0.5) is 24.5 Å². The van der Waals surface area contributed by atoms with Crippen molar-refractivity contribution >= 4 is 29.0 Å². The third-order valence-electron chi connectivity index (χ3n) is 4.15. The molecule has 3 aromatic rings. The van der Waals surface area contributed by atoms with Crippen molar-refractivity contribution in [1.29, 1.82) is 0 Å². The number of aromatic amines is 1. The molecule has 0 bridgehead atoms. The molecule has 0 saturated carbocycles. The van der Waals surface area contributed by atoms with Gasteiger partial charge >= 0.3 is 6.18 Å². The normalized spacial score (nSPS) is 11.2. The van der Waals surface area contributed by atoms with Crippen LogP contribution in [-0.4, -0.2) is 15.8 Å². The Balaban J connectivity index is 1.88. The van der Waals surface area contributed by atoms with Gasteiger partial charge in [0.05, 0.1) is 15.4 Å². The van der Waals surface area contributed by atoms with Crippen LogP contribution < -0.4 is 10.9 Å². The molecule has 2 aromatic carbocycles. The summed E-state index contributed by atoms with van der Waals surface area (Å²) in [5.74, 6) is -0.959. The number of H-pyrrole nitrogens is 1. The number of hydrogen-bond acceptors (Lipinski definition) is 5. The number of nitrogens with zero attached hydrogens (tertiary/aromatic N) is 1. The van der Waals surface area contributed by atoms with Gasteiger partial charge in [-0.25, -0.2) is 0 Å². The van der Waals surface area contributed by atoms with Crippen LogP contribution in [0.5, 0.6) is 0 Å². The highest BCUT2D eigenvalue weighted by atomic mass is 32.2. The number of nitrogens with one attached hydrogen (secondary N) is 2. The first-order valence-electron chi connectivity index (χ1n) is 8.69. The zero-order chi connectivity index (χ0) is 22.8. The van der Waals surface area contributed by atoms with E-state index in [-0.39, 0.29) is 16.1 Å². The third kappa shape index (κ3) is 5.31. The van der Waals surface area contributed by atoms with Crippen LogP contribution in [0.2, 0.25) is 0 Å². The van der Waals surface area contributed by atoms with E-state index < -0.39 is 33.8 Å². The molecule has 11 heteroatoms. The van der Waals surface area contributed by atoms with Gasteiger partial charge in [0.2, 0.25) is 0 Å². The van der Waals surface area contributed by atoms with Crippen LogP contribution in [0.3, 0.4) is 0 Å². The quantitative estimate of drug-likeness (QED) is 0.421. The van der Waals surface area contributed by atoms with Crippen molar-refractivity contribution in [2.24, 2.45) is 0 Å². The monoisotopic (exact) mass is 449 g/mol. The Labute approximate surface area is 177 Å². The summed E-state index contributed by atoms with van der Waals surface area (Å²) in [5.41, 5.74) is -2.23. The summed E-state index contributed by atoms with van der Waals surface area (Å²) in [4.78, 5) is 38.0. The Morgan fingerprint density at radius 2 is 1.81 bits per heavy atom. The van der Waals surface area contributed by atoms with Gasteiger partial charge in [0.1, 0.15) is 5.69 Å². The van der Waals surface area contributed by atoms with Crippen molar-refractivity contribution in [3.8, 4) is 0 Å². The maximum atomic E-state index is 12.8. The van der Waals surface area contributed by atoms with E-state index in [0.29, 0.717) is 12.3 Å². The van der Waals surface area contributed by atoms with E-state index >= 15 is 0 Å². The second-order valence-corrected chi connectivity index (χ2v) is 7.55. The first-order valence-corrected chi connectivity index (χ1v) is 9.50. The molecule has 2 N–H and O–H groups in total. The second-order valence-electron chi connectivity index (χ2n) is 6.44. The molecule has 0 atom stereocenters. The first kappa shape index (κ1) is 22.1. The number of halogens is 3. The Kier molecular flexibility index (Phi) is 6.16. The maximum absolute atomic E-state index is 12.8. The predicted molar refractivity (Wildman–Crippen MR) is 108 cm³/mol. The maximum Gasteiger partial charge on any atom is 0.417 e. The number of aryl methyl sites for hydroxylation is 1. The summed E-state index contributed by atoms with van der Waals surface area (Å²) in [6.45, 7) is 1.90. The Bertz CT molecular complexity index is 1210. The van der Waals surface area contributed by atoms with Gasteiger partial charge in [-0.15, -0.1) is 0 Å². The number of nitro benzene ring substituents is 1. The summed E-state index contributed by atoms with van der Waals surface area (Å²) in [7, 11) is 0. The number of benzene rings is 2. The first-order chi connectivity index (χ1) is 14.5. The number of pyridine rings is 1. The van der Waals surface area contributed by atoms with Crippen LogP contribution in [0.15, 0.2) is 69.3 Å². The Morgan fingerprint density at radius 1 is 1.13 bits per heavy atom. The standard InChI is InChI=1S/C20H14F3N3O4S/c1-11-2-5-14(6-3-11)31-17-7-4-12(8-16(17)26(29)30)18(27)25-15-9-13(20(21,22)23)10-24-19(15)28/h2-10H,1H3,(H,24,28)(H,25,27). The molecule has 1 aromatic heterocycles. The molecule has 3 rings (SSSR count). The van der Waals surface area contributed by atoms with Crippen molar-refractivity contribution in [3.05, 3.63) is 91.9 Å². The lowest BCUT2D eigenvalue weighted by Gasteiger charge is -2.10. The average molecular weight is 449 g/mol. The second kappa shape index (κ2) is 8.64. The van der Waals surface area contributed by atoms with Crippen LogP contribution in [0.25, 0.3) is 0 Å². The molecule has 0 aliphatic rings. The number of alkyl halides is 3. The summed E-state index contributed by atoms with van der Waals surface area (Å²) < 4.78 is 38.5. The summed E-state index contributed by atoms with van der Waals surface area (Å²) in [6.07, 6.45) is -4.24. The van der Waals surface area contributed by atoms with E-state index in [9.17, 15) is 32.9 Å². The summed E-state index contributed by atoms with van der Waals surface area (Å²) in [6, 6.07) is 11.5. The number of amides is 1. The molecule has 0 unspecified atom stereocenters. The lowest BCUT2D eigenvalue weighted by atomic mass is 10.2. The smallest absolute Gasteiger partial charge is 0.327 e. The van der Waals surface area contributed by atoms with Gasteiger partial charge in [0, 0.05) is 22.7 Å². The number of aromatic nitrogens is 1. The molecule has 160 valence electrons. The minimum Gasteiger partial charge on any atom is -0.327 e. The van der Waals surface area contributed by atoms with E-state index in [0.717, 1.165) is 28.3 Å². The molecule has 0 fully saturated rings. The highest BCUT2D eigenvalue weighted by molar-refractivity contribution is 7.99. The number of hydrogen-bond donors (Lipinski definition) is 2. The molecule has 1 amide bonds. The van der Waals surface area contributed by atoms with E-state index in [1.165, 1.54) is 12.1 Å². The lowest BCUT2D eigenvalue weighted by molar-refractivity contribution is -0.387. The zero-order valence-corrected chi connectivity index (χ0v) is 16.6. The van der Waals surface area contributed by atoms with Crippen molar-refractivity contribution in [2.75, 3.05) is 5.32 Å². The number of nitro groups is 1. The fraction of sp³-hybridized carbons (Fsp3) is 0.100.